The maximum absolute atomic E-state index is 9.42. The van der Waals surface area contributed by atoms with Crippen LogP contribution in [0, 0.1) is 11.5 Å². The average Bonchev–Trinajstić information content (AvgIpc) is 2.60. The number of hydrogen-bond donors (Lipinski definition) is 1. The van der Waals surface area contributed by atoms with E-state index in [9.17, 15) is 5.26 Å². The first-order valence-corrected chi connectivity index (χ1v) is 8.32. The molecule has 0 amide bonds. The molecule has 1 heterocycles. The smallest absolute Gasteiger partial charge is 0.205 e. The third kappa shape index (κ3) is 5.05. The minimum absolute atomic E-state index is 0.103. The Morgan fingerprint density at radius 1 is 1.24 bits per heavy atom. The molecule has 0 radical (unpaired) electrons. The number of nitrogens with two attached hydrogens (primary N) is 1. The third-order valence-electron chi connectivity index (χ3n) is 4.00. The average molecular weight is 335 g/mol. The summed E-state index contributed by atoms with van der Waals surface area (Å²) in [5.41, 5.74) is 9.23. The van der Waals surface area contributed by atoms with Crippen molar-refractivity contribution in [1.29, 1.82) is 5.26 Å². The lowest BCUT2D eigenvalue weighted by atomic mass is 9.87. The fraction of sp³-hybridized carbons (Fsp3) is 0.350. The molecule has 2 aromatic rings. The Morgan fingerprint density at radius 3 is 2.44 bits per heavy atom. The van der Waals surface area contributed by atoms with Crippen LogP contribution in [0.3, 0.4) is 0 Å². The van der Waals surface area contributed by atoms with E-state index in [2.05, 4.69) is 49.1 Å². The molecule has 1 unspecified atom stereocenters. The molecule has 0 aliphatic heterocycles. The number of benzene rings is 1. The van der Waals surface area contributed by atoms with Gasteiger partial charge in [-0.2, -0.15) is 5.26 Å². The van der Waals surface area contributed by atoms with Gasteiger partial charge in [0.2, 0.25) is 5.96 Å². The van der Waals surface area contributed by atoms with E-state index in [1.165, 1.54) is 10.5 Å². The predicted octanol–water partition coefficient (Wildman–Crippen LogP) is 3.74. The molecule has 25 heavy (non-hydrogen) atoms. The molecule has 1 aromatic carbocycles. The minimum atomic E-state index is -0.208. The van der Waals surface area contributed by atoms with E-state index in [0.717, 1.165) is 11.3 Å². The number of pyridine rings is 1. The van der Waals surface area contributed by atoms with Gasteiger partial charge >= 0.3 is 0 Å². The van der Waals surface area contributed by atoms with Crippen LogP contribution in [0.1, 0.15) is 50.6 Å². The third-order valence-corrected chi connectivity index (χ3v) is 4.00. The minimum Gasteiger partial charge on any atom is -0.369 e. The Balaban J connectivity index is 2.11. The monoisotopic (exact) mass is 335 g/mol. The quantitative estimate of drug-likeness (QED) is 0.399. The molecule has 1 atom stereocenters. The summed E-state index contributed by atoms with van der Waals surface area (Å²) in [5.74, 6) is 0.195. The van der Waals surface area contributed by atoms with Gasteiger partial charge in [0, 0.05) is 6.20 Å². The number of guanidine groups is 1. The molecule has 0 spiro atoms. The molecule has 5 heteroatoms. The number of hydrogen-bond acceptors (Lipinski definition) is 3. The maximum atomic E-state index is 9.42. The lowest BCUT2D eigenvalue weighted by Crippen LogP contribution is -2.33. The second kappa shape index (κ2) is 7.80. The van der Waals surface area contributed by atoms with Crippen molar-refractivity contribution in [2.75, 3.05) is 0 Å². The summed E-state index contributed by atoms with van der Waals surface area (Å²) >= 11 is 0. The van der Waals surface area contributed by atoms with Crippen molar-refractivity contribution in [3.8, 4) is 6.19 Å². The van der Waals surface area contributed by atoms with E-state index >= 15 is 0 Å². The molecule has 0 aliphatic carbocycles. The number of nitriles is 1. The van der Waals surface area contributed by atoms with Crippen LogP contribution >= 0.6 is 0 Å². The zero-order valence-corrected chi connectivity index (χ0v) is 15.3. The van der Waals surface area contributed by atoms with E-state index in [1.807, 2.05) is 37.3 Å². The Kier molecular flexibility index (Phi) is 5.76. The molecular weight excluding hydrogens is 310 g/mol. The van der Waals surface area contributed by atoms with Crippen LogP contribution in [0.15, 0.2) is 53.7 Å². The topological polar surface area (TPSA) is 78.3 Å². The first kappa shape index (κ1) is 18.5. The van der Waals surface area contributed by atoms with Crippen molar-refractivity contribution in [3.05, 3.63) is 65.5 Å². The van der Waals surface area contributed by atoms with Gasteiger partial charge in [0.1, 0.15) is 0 Å². The molecule has 0 saturated carbocycles. The highest BCUT2D eigenvalue weighted by Gasteiger charge is 2.15. The molecular formula is C20H25N5. The molecule has 0 saturated heterocycles. The summed E-state index contributed by atoms with van der Waals surface area (Å²) in [6.07, 6.45) is 3.83. The van der Waals surface area contributed by atoms with E-state index in [1.54, 1.807) is 6.20 Å². The van der Waals surface area contributed by atoms with Gasteiger partial charge in [-0.1, -0.05) is 51.1 Å². The van der Waals surface area contributed by atoms with Crippen molar-refractivity contribution in [2.45, 2.75) is 45.7 Å². The highest BCUT2D eigenvalue weighted by molar-refractivity contribution is 5.79. The van der Waals surface area contributed by atoms with Gasteiger partial charge in [0.25, 0.3) is 0 Å². The molecule has 130 valence electrons. The molecule has 0 fully saturated rings. The first-order valence-electron chi connectivity index (χ1n) is 8.32. The summed E-state index contributed by atoms with van der Waals surface area (Å²) in [6.45, 7) is 8.82. The Morgan fingerprint density at radius 2 is 1.92 bits per heavy atom. The summed E-state index contributed by atoms with van der Waals surface area (Å²) < 4.78 is 0. The van der Waals surface area contributed by atoms with Crippen LogP contribution in [0.2, 0.25) is 0 Å². The van der Waals surface area contributed by atoms with E-state index in [-0.39, 0.29) is 17.4 Å². The zero-order chi connectivity index (χ0) is 18.4. The van der Waals surface area contributed by atoms with E-state index < -0.39 is 0 Å². The second-order valence-corrected chi connectivity index (χ2v) is 7.05. The van der Waals surface area contributed by atoms with E-state index in [0.29, 0.717) is 6.54 Å². The van der Waals surface area contributed by atoms with Gasteiger partial charge in [-0.05, 0) is 35.6 Å². The normalized spacial score (nSPS) is 13.2. The summed E-state index contributed by atoms with van der Waals surface area (Å²) in [5, 5.41) is 9.42. The van der Waals surface area contributed by atoms with E-state index in [4.69, 9.17) is 5.73 Å². The Labute approximate surface area is 149 Å². The number of nitrogens with zero attached hydrogens (tertiary/aromatic N) is 4. The van der Waals surface area contributed by atoms with Crippen LogP contribution in [0.25, 0.3) is 0 Å². The molecule has 0 bridgehead atoms. The summed E-state index contributed by atoms with van der Waals surface area (Å²) in [7, 11) is 0. The van der Waals surface area contributed by atoms with Gasteiger partial charge in [-0.3, -0.25) is 4.98 Å². The highest BCUT2D eigenvalue weighted by Crippen LogP contribution is 2.22. The second-order valence-electron chi connectivity index (χ2n) is 7.05. The predicted molar refractivity (Wildman–Crippen MR) is 101 cm³/mol. The Bertz CT molecular complexity index is 751. The van der Waals surface area contributed by atoms with Crippen molar-refractivity contribution >= 4 is 5.96 Å². The largest absolute Gasteiger partial charge is 0.369 e. The van der Waals surface area contributed by atoms with Crippen molar-refractivity contribution in [1.82, 2.24) is 9.88 Å². The first-order chi connectivity index (χ1) is 11.8. The molecule has 1 aromatic heterocycles. The van der Waals surface area contributed by atoms with Gasteiger partial charge < -0.3 is 5.73 Å². The van der Waals surface area contributed by atoms with Crippen LogP contribution in [0.5, 0.6) is 0 Å². The fourth-order valence-electron chi connectivity index (χ4n) is 2.42. The van der Waals surface area contributed by atoms with Gasteiger partial charge in [-0.15, -0.1) is 0 Å². The fourth-order valence-corrected chi connectivity index (χ4v) is 2.42. The van der Waals surface area contributed by atoms with Gasteiger partial charge in [0.05, 0.1) is 18.3 Å². The van der Waals surface area contributed by atoms with Crippen molar-refractivity contribution < 1.29 is 0 Å². The number of aliphatic imine (C=N–C) groups is 1. The van der Waals surface area contributed by atoms with Gasteiger partial charge in [-0.25, -0.2) is 9.89 Å². The molecule has 2 rings (SSSR count). The summed E-state index contributed by atoms with van der Waals surface area (Å²) in [4.78, 5) is 10.1. The molecule has 5 nitrogen and oxygen atoms in total. The van der Waals surface area contributed by atoms with Crippen molar-refractivity contribution in [2.24, 2.45) is 10.7 Å². The highest BCUT2D eigenvalue weighted by atomic mass is 15.2. The van der Waals surface area contributed by atoms with Gasteiger partial charge in [0.15, 0.2) is 6.19 Å². The number of rotatable bonds is 4. The van der Waals surface area contributed by atoms with Crippen LogP contribution in [-0.2, 0) is 12.0 Å². The Hall–Kier alpha value is -2.87. The summed E-state index contributed by atoms with van der Waals surface area (Å²) in [6, 6.07) is 13.7. The standard InChI is InChI=1S/C20H25N5/c1-15(18-7-5-6-12-23-18)24-19(22)25(14-21)13-16-8-10-17(11-9-16)20(2,3)4/h5-12,15H,13H2,1-4H3,(H2,22,24). The zero-order valence-electron chi connectivity index (χ0n) is 15.3. The lowest BCUT2D eigenvalue weighted by molar-refractivity contribution is 0.553. The molecule has 2 N–H and O–H groups in total. The van der Waals surface area contributed by atoms with Crippen molar-refractivity contribution in [3.63, 3.8) is 0 Å². The number of aromatic nitrogens is 1. The SMILES string of the molecule is CC(N=C(N)N(C#N)Cc1ccc(C(C)(C)C)cc1)c1ccccn1. The lowest BCUT2D eigenvalue weighted by Gasteiger charge is -2.20. The van der Waals surface area contributed by atoms with Crippen LogP contribution in [-0.4, -0.2) is 15.8 Å². The maximum Gasteiger partial charge on any atom is 0.205 e. The molecule has 0 aliphatic rings. The van der Waals surface area contributed by atoms with Crippen LogP contribution in [0.4, 0.5) is 0 Å². The van der Waals surface area contributed by atoms with Crippen LogP contribution < -0.4 is 5.73 Å².